The monoisotopic (exact) mass is 499 g/mol. The number of anilines is 1. The van der Waals surface area contributed by atoms with Gasteiger partial charge in [-0.3, -0.25) is 15.0 Å². The fourth-order valence-corrected chi connectivity index (χ4v) is 5.60. The SMILES string of the molecule is CCN(CC)c1ccc(-c2nnc(SCC(=O)NN3C(=O)NC4(CCCCC4)C3=O)n2CC)cc1. The molecule has 35 heavy (non-hydrogen) atoms. The number of nitrogens with zero attached hydrogens (tertiary/aromatic N) is 5. The highest BCUT2D eigenvalue weighted by Gasteiger charge is 2.52. The predicted octanol–water partition coefficient (Wildman–Crippen LogP) is 3.19. The van der Waals surface area contributed by atoms with E-state index >= 15 is 0 Å². The van der Waals surface area contributed by atoms with Crippen LogP contribution in [0.25, 0.3) is 11.4 Å². The maximum atomic E-state index is 12.9. The lowest BCUT2D eigenvalue weighted by Crippen LogP contribution is -2.51. The van der Waals surface area contributed by atoms with E-state index in [0.717, 1.165) is 54.4 Å². The normalized spacial score (nSPS) is 17.1. The summed E-state index contributed by atoms with van der Waals surface area (Å²) in [6, 6.07) is 7.65. The molecule has 0 unspecified atom stereocenters. The first-order valence-corrected chi connectivity index (χ1v) is 13.3. The summed E-state index contributed by atoms with van der Waals surface area (Å²) in [6.07, 6.45) is 4.04. The highest BCUT2D eigenvalue weighted by atomic mass is 32.2. The Morgan fingerprint density at radius 1 is 1.09 bits per heavy atom. The lowest BCUT2D eigenvalue weighted by Gasteiger charge is -2.30. The average molecular weight is 500 g/mol. The molecule has 2 heterocycles. The minimum Gasteiger partial charge on any atom is -0.372 e. The zero-order valence-corrected chi connectivity index (χ0v) is 21.4. The van der Waals surface area contributed by atoms with Gasteiger partial charge in [0.1, 0.15) is 5.54 Å². The number of imide groups is 1. The third kappa shape index (κ3) is 5.00. The Morgan fingerprint density at radius 2 is 1.77 bits per heavy atom. The first-order valence-electron chi connectivity index (χ1n) is 12.3. The quantitative estimate of drug-likeness (QED) is 0.402. The lowest BCUT2D eigenvalue weighted by atomic mass is 9.82. The van der Waals surface area contributed by atoms with Gasteiger partial charge >= 0.3 is 6.03 Å². The molecule has 0 bridgehead atoms. The summed E-state index contributed by atoms with van der Waals surface area (Å²) in [7, 11) is 0. The molecule has 2 N–H and O–H groups in total. The van der Waals surface area contributed by atoms with Crippen molar-refractivity contribution < 1.29 is 14.4 Å². The van der Waals surface area contributed by atoms with Crippen LogP contribution in [0.4, 0.5) is 10.5 Å². The second-order valence-electron chi connectivity index (χ2n) is 8.81. The summed E-state index contributed by atoms with van der Waals surface area (Å²) in [5, 5.41) is 12.9. The number of rotatable bonds is 9. The molecule has 4 amide bonds. The number of amides is 4. The molecule has 188 valence electrons. The van der Waals surface area contributed by atoms with Gasteiger partial charge in [-0.25, -0.2) is 4.79 Å². The Hall–Kier alpha value is -3.08. The van der Waals surface area contributed by atoms with Gasteiger partial charge in [0.2, 0.25) is 5.91 Å². The molecule has 0 atom stereocenters. The molecule has 4 rings (SSSR count). The molecule has 1 aliphatic heterocycles. The first-order chi connectivity index (χ1) is 16.9. The lowest BCUT2D eigenvalue weighted by molar-refractivity contribution is -0.139. The zero-order valence-electron chi connectivity index (χ0n) is 20.5. The predicted molar refractivity (Wildman–Crippen MR) is 135 cm³/mol. The number of urea groups is 1. The standard InChI is InChI=1S/C24H33N7O3S/c1-4-29(5-2)18-12-10-17(11-13-18)20-26-27-23(30(20)6-3)35-16-19(32)28-31-21(33)24(25-22(31)34)14-8-7-9-15-24/h10-13H,4-9,14-16H2,1-3H3,(H,25,34)(H,28,32). The summed E-state index contributed by atoms with van der Waals surface area (Å²) in [5.74, 6) is -0.0759. The van der Waals surface area contributed by atoms with Crippen LogP contribution in [0.2, 0.25) is 0 Å². The van der Waals surface area contributed by atoms with Crippen molar-refractivity contribution in [3.05, 3.63) is 24.3 Å². The number of benzene rings is 1. The Kier molecular flexibility index (Phi) is 7.63. The van der Waals surface area contributed by atoms with Gasteiger partial charge in [-0.05, 0) is 57.9 Å². The minimum atomic E-state index is -0.867. The molecule has 1 spiro atoms. The molecule has 2 aromatic rings. The third-order valence-electron chi connectivity index (χ3n) is 6.72. The van der Waals surface area contributed by atoms with Crippen molar-refractivity contribution in [2.45, 2.75) is 70.1 Å². The van der Waals surface area contributed by atoms with Crippen LogP contribution in [0, 0.1) is 0 Å². The molecular weight excluding hydrogens is 466 g/mol. The molecule has 1 saturated heterocycles. The van der Waals surface area contributed by atoms with Gasteiger partial charge in [0.15, 0.2) is 11.0 Å². The number of carbonyl (C=O) groups excluding carboxylic acids is 3. The molecule has 1 aromatic carbocycles. The maximum absolute atomic E-state index is 12.9. The van der Waals surface area contributed by atoms with E-state index in [1.165, 1.54) is 11.8 Å². The summed E-state index contributed by atoms with van der Waals surface area (Å²) < 4.78 is 1.95. The van der Waals surface area contributed by atoms with E-state index in [0.29, 0.717) is 24.5 Å². The molecule has 1 aromatic heterocycles. The zero-order chi connectivity index (χ0) is 25.0. The van der Waals surface area contributed by atoms with Crippen molar-refractivity contribution in [2.24, 2.45) is 0 Å². The molecule has 11 heteroatoms. The van der Waals surface area contributed by atoms with Crippen molar-refractivity contribution >= 4 is 35.3 Å². The second-order valence-corrected chi connectivity index (χ2v) is 9.75. The summed E-state index contributed by atoms with van der Waals surface area (Å²) >= 11 is 1.22. The van der Waals surface area contributed by atoms with E-state index in [2.05, 4.69) is 51.8 Å². The van der Waals surface area contributed by atoms with Crippen LogP contribution < -0.4 is 15.6 Å². The van der Waals surface area contributed by atoms with Gasteiger partial charge in [-0.1, -0.05) is 31.0 Å². The minimum absolute atomic E-state index is 0.00307. The number of carbonyl (C=O) groups is 3. The van der Waals surface area contributed by atoms with Crippen molar-refractivity contribution in [2.75, 3.05) is 23.7 Å². The fraction of sp³-hybridized carbons (Fsp3) is 0.542. The Bertz CT molecular complexity index is 1080. The number of hydrazine groups is 1. The van der Waals surface area contributed by atoms with E-state index in [1.54, 1.807) is 0 Å². The highest BCUT2D eigenvalue weighted by Crippen LogP contribution is 2.33. The molecule has 2 aliphatic rings. The van der Waals surface area contributed by atoms with Gasteiger partial charge < -0.3 is 14.8 Å². The molecular formula is C24H33N7O3S. The summed E-state index contributed by atoms with van der Waals surface area (Å²) in [5.41, 5.74) is 3.71. The average Bonchev–Trinajstić information content (AvgIpc) is 3.38. The van der Waals surface area contributed by atoms with Gasteiger partial charge in [-0.2, -0.15) is 5.01 Å². The number of hydrogen-bond donors (Lipinski definition) is 2. The van der Waals surface area contributed by atoms with E-state index in [9.17, 15) is 14.4 Å². The Labute approximate surface area is 209 Å². The number of thioether (sulfide) groups is 1. The van der Waals surface area contributed by atoms with Crippen LogP contribution in [-0.2, 0) is 16.1 Å². The van der Waals surface area contributed by atoms with Gasteiger partial charge in [0, 0.05) is 30.9 Å². The number of nitrogens with one attached hydrogen (secondary N) is 2. The van der Waals surface area contributed by atoms with Crippen molar-refractivity contribution in [1.82, 2.24) is 30.5 Å². The van der Waals surface area contributed by atoms with E-state index in [4.69, 9.17) is 0 Å². The van der Waals surface area contributed by atoms with Crippen LogP contribution >= 0.6 is 11.8 Å². The molecule has 0 radical (unpaired) electrons. The molecule has 10 nitrogen and oxygen atoms in total. The third-order valence-corrected chi connectivity index (χ3v) is 7.69. The molecule has 1 saturated carbocycles. The van der Waals surface area contributed by atoms with E-state index in [1.807, 2.05) is 23.6 Å². The number of aromatic nitrogens is 3. The Morgan fingerprint density at radius 3 is 2.40 bits per heavy atom. The maximum Gasteiger partial charge on any atom is 0.344 e. The van der Waals surface area contributed by atoms with Gasteiger partial charge in [0.25, 0.3) is 5.91 Å². The molecule has 1 aliphatic carbocycles. The van der Waals surface area contributed by atoms with Crippen LogP contribution in [0.15, 0.2) is 29.4 Å². The topological polar surface area (TPSA) is 112 Å². The summed E-state index contributed by atoms with van der Waals surface area (Å²) in [4.78, 5) is 40.1. The van der Waals surface area contributed by atoms with Crippen molar-refractivity contribution in [3.8, 4) is 11.4 Å². The van der Waals surface area contributed by atoms with E-state index in [-0.39, 0.29) is 11.7 Å². The van der Waals surface area contributed by atoms with Crippen LogP contribution in [-0.4, -0.2) is 62.0 Å². The van der Waals surface area contributed by atoms with Crippen LogP contribution in [0.3, 0.4) is 0 Å². The van der Waals surface area contributed by atoms with E-state index < -0.39 is 17.5 Å². The number of hydrogen-bond acceptors (Lipinski definition) is 7. The van der Waals surface area contributed by atoms with Gasteiger partial charge in [-0.15, -0.1) is 10.2 Å². The van der Waals surface area contributed by atoms with Crippen molar-refractivity contribution in [1.29, 1.82) is 0 Å². The first kappa shape index (κ1) is 25.0. The highest BCUT2D eigenvalue weighted by molar-refractivity contribution is 7.99. The second kappa shape index (κ2) is 10.7. The van der Waals surface area contributed by atoms with Crippen molar-refractivity contribution in [3.63, 3.8) is 0 Å². The Balaban J connectivity index is 1.39. The smallest absolute Gasteiger partial charge is 0.344 e. The van der Waals surface area contributed by atoms with Crippen LogP contribution in [0.1, 0.15) is 52.9 Å². The van der Waals surface area contributed by atoms with Gasteiger partial charge in [0.05, 0.1) is 5.75 Å². The molecule has 2 fully saturated rings. The fourth-order valence-electron chi connectivity index (χ4n) is 4.81. The largest absolute Gasteiger partial charge is 0.372 e. The van der Waals surface area contributed by atoms with Crippen LogP contribution in [0.5, 0.6) is 0 Å². The summed E-state index contributed by atoms with van der Waals surface area (Å²) in [6.45, 7) is 8.78.